The lowest BCUT2D eigenvalue weighted by Crippen LogP contribution is -2.13. The quantitative estimate of drug-likeness (QED) is 0.716. The summed E-state index contributed by atoms with van der Waals surface area (Å²) in [5.41, 5.74) is 7.53. The second kappa shape index (κ2) is 7.66. The number of pyridine rings is 1. The number of aromatic nitrogens is 1. The van der Waals surface area contributed by atoms with Gasteiger partial charge in [0.15, 0.2) is 0 Å². The average molecular weight is 335 g/mol. The summed E-state index contributed by atoms with van der Waals surface area (Å²) in [6.07, 6.45) is 1.58. The van der Waals surface area contributed by atoms with Gasteiger partial charge in [-0.05, 0) is 35.9 Å². The Bertz CT molecular complexity index is 837. The second-order valence-electron chi connectivity index (χ2n) is 5.17. The molecule has 1 amide bonds. The van der Waals surface area contributed by atoms with Crippen LogP contribution in [-0.2, 0) is 6.54 Å². The number of nitrogens with two attached hydrogens (primary N) is 1. The molecule has 0 unspecified atom stereocenters. The predicted molar refractivity (Wildman–Crippen MR) is 97.1 cm³/mol. The van der Waals surface area contributed by atoms with Gasteiger partial charge in [-0.1, -0.05) is 48.2 Å². The zero-order valence-electron chi connectivity index (χ0n) is 13.0. The van der Waals surface area contributed by atoms with Crippen molar-refractivity contribution in [3.63, 3.8) is 0 Å². The van der Waals surface area contributed by atoms with Crippen molar-refractivity contribution >= 4 is 23.4 Å². The van der Waals surface area contributed by atoms with E-state index in [0.29, 0.717) is 6.54 Å². The van der Waals surface area contributed by atoms with Crippen LogP contribution in [0.3, 0.4) is 0 Å². The van der Waals surface area contributed by atoms with Gasteiger partial charge in [-0.2, -0.15) is 0 Å². The van der Waals surface area contributed by atoms with E-state index in [0.717, 1.165) is 5.69 Å². The summed E-state index contributed by atoms with van der Waals surface area (Å²) in [6, 6.07) is 22.0. The van der Waals surface area contributed by atoms with Crippen LogP contribution in [0.1, 0.15) is 16.1 Å². The van der Waals surface area contributed by atoms with Crippen LogP contribution in [0, 0.1) is 0 Å². The van der Waals surface area contributed by atoms with Crippen LogP contribution >= 0.6 is 11.8 Å². The molecular weight excluding hydrogens is 318 g/mol. The molecule has 1 aromatic heterocycles. The number of benzene rings is 2. The molecule has 3 rings (SSSR count). The van der Waals surface area contributed by atoms with Crippen LogP contribution in [0.2, 0.25) is 0 Å². The standard InChI is InChI=1S/C19H17N3OS/c20-19(23)17-12-15(10-11-21-17)22-13-14-6-4-5-9-18(14)24-16-7-2-1-3-8-16/h1-12H,13H2,(H2,20,23)(H,21,22). The molecule has 5 heteroatoms. The molecule has 0 aliphatic heterocycles. The van der Waals surface area contributed by atoms with Gasteiger partial charge in [0.1, 0.15) is 5.69 Å². The Labute approximate surface area is 145 Å². The van der Waals surface area contributed by atoms with E-state index >= 15 is 0 Å². The minimum Gasteiger partial charge on any atom is -0.381 e. The minimum absolute atomic E-state index is 0.256. The minimum atomic E-state index is -0.529. The van der Waals surface area contributed by atoms with Crippen molar-refractivity contribution in [3.05, 3.63) is 84.2 Å². The number of nitrogens with zero attached hydrogens (tertiary/aromatic N) is 1. The van der Waals surface area contributed by atoms with Crippen molar-refractivity contribution in [3.8, 4) is 0 Å². The highest BCUT2D eigenvalue weighted by Gasteiger charge is 2.06. The highest BCUT2D eigenvalue weighted by molar-refractivity contribution is 7.99. The maximum absolute atomic E-state index is 11.2. The van der Waals surface area contributed by atoms with Crippen LogP contribution in [0.5, 0.6) is 0 Å². The molecule has 3 aromatic rings. The molecule has 0 spiro atoms. The number of anilines is 1. The van der Waals surface area contributed by atoms with Gasteiger partial charge in [0.25, 0.3) is 5.91 Å². The van der Waals surface area contributed by atoms with Crippen molar-refractivity contribution in [1.82, 2.24) is 4.98 Å². The summed E-state index contributed by atoms with van der Waals surface area (Å²) in [5, 5.41) is 3.32. The first-order chi connectivity index (χ1) is 11.7. The molecule has 2 aromatic carbocycles. The Morgan fingerprint density at radius 3 is 2.58 bits per heavy atom. The zero-order valence-corrected chi connectivity index (χ0v) is 13.8. The number of hydrogen-bond acceptors (Lipinski definition) is 4. The third-order valence-corrected chi connectivity index (χ3v) is 4.57. The molecule has 120 valence electrons. The molecule has 0 aliphatic rings. The van der Waals surface area contributed by atoms with E-state index in [9.17, 15) is 4.79 Å². The molecule has 0 atom stereocenters. The van der Waals surface area contributed by atoms with Gasteiger partial charge in [-0.15, -0.1) is 0 Å². The first-order valence-electron chi connectivity index (χ1n) is 7.53. The monoisotopic (exact) mass is 335 g/mol. The Morgan fingerprint density at radius 2 is 1.79 bits per heavy atom. The van der Waals surface area contributed by atoms with Crippen LogP contribution in [0.4, 0.5) is 5.69 Å². The molecule has 0 fully saturated rings. The van der Waals surface area contributed by atoms with Gasteiger partial charge in [0.05, 0.1) is 0 Å². The second-order valence-corrected chi connectivity index (χ2v) is 6.29. The Hall–Kier alpha value is -2.79. The summed E-state index contributed by atoms with van der Waals surface area (Å²) in [6.45, 7) is 0.651. The van der Waals surface area contributed by atoms with Crippen molar-refractivity contribution in [2.45, 2.75) is 16.3 Å². The number of carbonyl (C=O) groups excluding carboxylic acids is 1. The number of hydrogen-bond donors (Lipinski definition) is 2. The van der Waals surface area contributed by atoms with Gasteiger partial charge >= 0.3 is 0 Å². The molecule has 24 heavy (non-hydrogen) atoms. The van der Waals surface area contributed by atoms with Crippen LogP contribution in [0.15, 0.2) is 82.7 Å². The predicted octanol–water partition coefficient (Wildman–Crippen LogP) is 3.94. The fraction of sp³-hybridized carbons (Fsp3) is 0.0526. The molecular formula is C19H17N3OS. The third-order valence-electron chi connectivity index (χ3n) is 3.44. The van der Waals surface area contributed by atoms with E-state index in [1.807, 2.05) is 36.4 Å². The summed E-state index contributed by atoms with van der Waals surface area (Å²) < 4.78 is 0. The molecule has 0 aliphatic carbocycles. The fourth-order valence-electron chi connectivity index (χ4n) is 2.24. The Kier molecular flexibility index (Phi) is 5.13. The number of rotatable bonds is 6. The summed E-state index contributed by atoms with van der Waals surface area (Å²) >= 11 is 1.73. The van der Waals surface area contributed by atoms with Gasteiger partial charge < -0.3 is 11.1 Å². The lowest BCUT2D eigenvalue weighted by atomic mass is 10.2. The largest absolute Gasteiger partial charge is 0.381 e. The van der Waals surface area contributed by atoms with Crippen molar-refractivity contribution in [2.75, 3.05) is 5.32 Å². The van der Waals surface area contributed by atoms with Gasteiger partial charge in [-0.25, -0.2) is 0 Å². The van der Waals surface area contributed by atoms with Crippen molar-refractivity contribution in [2.24, 2.45) is 5.73 Å². The smallest absolute Gasteiger partial charge is 0.267 e. The van der Waals surface area contributed by atoms with E-state index in [-0.39, 0.29) is 5.69 Å². The van der Waals surface area contributed by atoms with Crippen molar-refractivity contribution in [1.29, 1.82) is 0 Å². The van der Waals surface area contributed by atoms with Gasteiger partial charge in [0.2, 0.25) is 0 Å². The Morgan fingerprint density at radius 1 is 1.04 bits per heavy atom. The number of primary amides is 1. The maximum Gasteiger partial charge on any atom is 0.267 e. The highest BCUT2D eigenvalue weighted by Crippen LogP contribution is 2.30. The number of carbonyl (C=O) groups is 1. The first kappa shape index (κ1) is 16.1. The molecule has 0 saturated heterocycles. The van der Waals surface area contributed by atoms with Gasteiger partial charge in [0, 0.05) is 28.2 Å². The normalized spacial score (nSPS) is 10.3. The van der Waals surface area contributed by atoms with Crippen molar-refractivity contribution < 1.29 is 4.79 Å². The average Bonchev–Trinajstić information content (AvgIpc) is 2.62. The summed E-state index contributed by atoms with van der Waals surface area (Å²) in [4.78, 5) is 17.6. The van der Waals surface area contributed by atoms with E-state index in [1.54, 1.807) is 24.0 Å². The third kappa shape index (κ3) is 4.14. The summed E-state index contributed by atoms with van der Waals surface area (Å²) in [7, 11) is 0. The fourth-order valence-corrected chi connectivity index (χ4v) is 3.20. The topological polar surface area (TPSA) is 68.0 Å². The summed E-state index contributed by atoms with van der Waals surface area (Å²) in [5.74, 6) is -0.529. The molecule has 1 heterocycles. The lowest BCUT2D eigenvalue weighted by molar-refractivity contribution is 0.0995. The first-order valence-corrected chi connectivity index (χ1v) is 8.34. The van der Waals surface area contributed by atoms with Crippen LogP contribution in [0.25, 0.3) is 0 Å². The van der Waals surface area contributed by atoms with E-state index in [4.69, 9.17) is 5.73 Å². The van der Waals surface area contributed by atoms with Gasteiger partial charge in [-0.3, -0.25) is 9.78 Å². The van der Waals surface area contributed by atoms with E-state index < -0.39 is 5.91 Å². The molecule has 0 saturated carbocycles. The van der Waals surface area contributed by atoms with Crippen LogP contribution < -0.4 is 11.1 Å². The molecule has 4 nitrogen and oxygen atoms in total. The SMILES string of the molecule is NC(=O)c1cc(NCc2ccccc2Sc2ccccc2)ccn1. The van der Waals surface area contributed by atoms with E-state index in [2.05, 4.69) is 34.6 Å². The maximum atomic E-state index is 11.2. The molecule has 0 radical (unpaired) electrons. The molecule has 0 bridgehead atoms. The Balaban J connectivity index is 1.74. The van der Waals surface area contributed by atoms with Crippen LogP contribution in [-0.4, -0.2) is 10.9 Å². The number of nitrogens with one attached hydrogen (secondary N) is 1. The highest BCUT2D eigenvalue weighted by atomic mass is 32.2. The zero-order chi connectivity index (χ0) is 16.8. The number of amides is 1. The molecule has 3 N–H and O–H groups in total. The lowest BCUT2D eigenvalue weighted by Gasteiger charge is -2.11. The van der Waals surface area contributed by atoms with E-state index in [1.165, 1.54) is 15.4 Å².